The summed E-state index contributed by atoms with van der Waals surface area (Å²) < 4.78 is 61.3. The van der Waals surface area contributed by atoms with Gasteiger partial charge in [0, 0.05) is 12.6 Å². The van der Waals surface area contributed by atoms with E-state index >= 15 is 0 Å². The maximum Gasteiger partial charge on any atom is 0.243 e. The molecule has 2 rings (SSSR count). The van der Waals surface area contributed by atoms with E-state index in [4.69, 9.17) is 0 Å². The first-order valence-electron chi connectivity index (χ1n) is 7.76. The van der Waals surface area contributed by atoms with E-state index in [-0.39, 0.29) is 23.7 Å². The molecule has 1 aromatic carbocycles. The zero-order valence-corrected chi connectivity index (χ0v) is 15.7. The minimum absolute atomic E-state index is 0.0230. The van der Waals surface area contributed by atoms with Gasteiger partial charge in [-0.25, -0.2) is 21.2 Å². The lowest BCUT2D eigenvalue weighted by molar-refractivity contribution is -0.131. The fourth-order valence-electron chi connectivity index (χ4n) is 2.88. The van der Waals surface area contributed by atoms with Crippen molar-refractivity contribution in [3.05, 3.63) is 30.1 Å². The van der Waals surface area contributed by atoms with Crippen LogP contribution < -0.4 is 4.31 Å². The van der Waals surface area contributed by atoms with E-state index in [9.17, 15) is 26.0 Å². The van der Waals surface area contributed by atoms with Crippen molar-refractivity contribution in [1.82, 2.24) is 4.90 Å². The van der Waals surface area contributed by atoms with E-state index in [0.29, 0.717) is 6.42 Å². The van der Waals surface area contributed by atoms with Crippen LogP contribution in [0.1, 0.15) is 13.3 Å². The average molecular weight is 392 g/mol. The number of anilines is 1. The summed E-state index contributed by atoms with van der Waals surface area (Å²) in [4.78, 5) is 14.0. The normalized spacial score (nSPS) is 19.6. The Morgan fingerprint density at radius 3 is 2.32 bits per heavy atom. The number of benzene rings is 1. The van der Waals surface area contributed by atoms with Crippen molar-refractivity contribution in [2.75, 3.05) is 35.2 Å². The molecule has 140 valence electrons. The van der Waals surface area contributed by atoms with Crippen LogP contribution in [0.4, 0.5) is 10.1 Å². The van der Waals surface area contributed by atoms with Gasteiger partial charge < -0.3 is 4.90 Å². The summed E-state index contributed by atoms with van der Waals surface area (Å²) in [5, 5.41) is 0. The first-order valence-corrected chi connectivity index (χ1v) is 11.4. The third-order valence-electron chi connectivity index (χ3n) is 4.10. The predicted molar refractivity (Wildman–Crippen MR) is 93.0 cm³/mol. The van der Waals surface area contributed by atoms with Crippen LogP contribution in [0, 0.1) is 5.82 Å². The lowest BCUT2D eigenvalue weighted by atomic mass is 10.2. The third kappa shape index (κ3) is 4.91. The fourth-order valence-corrected chi connectivity index (χ4v) is 5.46. The molecule has 0 aromatic heterocycles. The second-order valence-electron chi connectivity index (χ2n) is 5.98. The Labute approximate surface area is 147 Å². The number of rotatable bonds is 6. The summed E-state index contributed by atoms with van der Waals surface area (Å²) in [6, 6.07) is 4.33. The number of halogens is 1. The smallest absolute Gasteiger partial charge is 0.243 e. The number of carbonyl (C=O) groups is 1. The number of hydrogen-bond acceptors (Lipinski definition) is 5. The quantitative estimate of drug-likeness (QED) is 0.708. The van der Waals surface area contributed by atoms with Crippen LogP contribution in [0.15, 0.2) is 24.3 Å². The van der Waals surface area contributed by atoms with Gasteiger partial charge in [-0.2, -0.15) is 0 Å². The van der Waals surface area contributed by atoms with Crippen molar-refractivity contribution in [2.45, 2.75) is 19.4 Å². The molecule has 1 amide bonds. The number of sulfone groups is 1. The number of hydrogen-bond donors (Lipinski definition) is 0. The largest absolute Gasteiger partial charge is 0.337 e. The second kappa shape index (κ2) is 7.28. The van der Waals surface area contributed by atoms with Crippen molar-refractivity contribution in [2.24, 2.45) is 0 Å². The minimum atomic E-state index is -3.77. The number of carbonyl (C=O) groups excluding carboxylic acids is 1. The van der Waals surface area contributed by atoms with Crippen molar-refractivity contribution in [1.29, 1.82) is 0 Å². The van der Waals surface area contributed by atoms with Crippen LogP contribution in [0.3, 0.4) is 0 Å². The Balaban J connectivity index is 2.22. The van der Waals surface area contributed by atoms with E-state index in [2.05, 4.69) is 0 Å². The fraction of sp³-hybridized carbons (Fsp3) is 0.533. The molecule has 0 bridgehead atoms. The molecule has 1 heterocycles. The summed E-state index contributed by atoms with van der Waals surface area (Å²) in [7, 11) is -6.93. The standard InChI is InChI=1S/C15H21FN2O5S2/c1-3-17(14-8-9-25(22,23)11-14)15(19)10-18(24(2,20)21)13-6-4-12(16)5-7-13/h4-7,14H,3,8-11H2,1-2H3. The van der Waals surface area contributed by atoms with Gasteiger partial charge in [0.2, 0.25) is 15.9 Å². The highest BCUT2D eigenvalue weighted by molar-refractivity contribution is 7.92. The van der Waals surface area contributed by atoms with Crippen molar-refractivity contribution in [3.63, 3.8) is 0 Å². The van der Waals surface area contributed by atoms with Crippen LogP contribution in [0.2, 0.25) is 0 Å². The van der Waals surface area contributed by atoms with E-state index < -0.39 is 44.2 Å². The average Bonchev–Trinajstić information content (AvgIpc) is 2.85. The van der Waals surface area contributed by atoms with Gasteiger partial charge in [-0.15, -0.1) is 0 Å². The first-order chi connectivity index (χ1) is 11.5. The summed E-state index contributed by atoms with van der Waals surface area (Å²) in [5.74, 6) is -1.09. The molecule has 1 atom stereocenters. The minimum Gasteiger partial charge on any atom is -0.337 e. The summed E-state index contributed by atoms with van der Waals surface area (Å²) in [5.41, 5.74) is 0.173. The van der Waals surface area contributed by atoms with Gasteiger partial charge in [-0.3, -0.25) is 9.10 Å². The molecule has 1 aliphatic rings. The van der Waals surface area contributed by atoms with Crippen LogP contribution in [-0.4, -0.2) is 64.5 Å². The van der Waals surface area contributed by atoms with Gasteiger partial charge in [-0.1, -0.05) is 0 Å². The summed E-state index contributed by atoms with van der Waals surface area (Å²) >= 11 is 0. The Bertz CT molecular complexity index is 837. The lowest BCUT2D eigenvalue weighted by Crippen LogP contribution is -2.47. The zero-order valence-electron chi connectivity index (χ0n) is 14.1. The Kier molecular flexibility index (Phi) is 5.72. The molecule has 1 saturated heterocycles. The molecule has 0 aliphatic carbocycles. The van der Waals surface area contributed by atoms with Gasteiger partial charge in [0.25, 0.3) is 0 Å². The number of amides is 1. The van der Waals surface area contributed by atoms with Gasteiger partial charge in [0.05, 0.1) is 23.4 Å². The maximum absolute atomic E-state index is 13.1. The van der Waals surface area contributed by atoms with Crippen molar-refractivity contribution in [3.8, 4) is 0 Å². The van der Waals surface area contributed by atoms with Gasteiger partial charge in [0.15, 0.2) is 9.84 Å². The van der Waals surface area contributed by atoms with Crippen molar-refractivity contribution < 1.29 is 26.0 Å². The van der Waals surface area contributed by atoms with Crippen LogP contribution >= 0.6 is 0 Å². The Morgan fingerprint density at radius 1 is 1.28 bits per heavy atom. The summed E-state index contributed by atoms with van der Waals surface area (Å²) in [6.45, 7) is 1.53. The molecule has 0 N–H and O–H groups in total. The molecule has 1 fully saturated rings. The molecule has 1 unspecified atom stereocenters. The number of nitrogens with zero attached hydrogens (tertiary/aromatic N) is 2. The van der Waals surface area contributed by atoms with E-state index in [1.54, 1.807) is 6.92 Å². The monoisotopic (exact) mass is 392 g/mol. The Morgan fingerprint density at radius 2 is 1.88 bits per heavy atom. The highest BCUT2D eigenvalue weighted by Gasteiger charge is 2.35. The highest BCUT2D eigenvalue weighted by atomic mass is 32.2. The molecule has 0 saturated carbocycles. The number of likely N-dealkylation sites (N-methyl/N-ethyl adjacent to an activating group) is 1. The Hall–Kier alpha value is -1.68. The lowest BCUT2D eigenvalue weighted by Gasteiger charge is -2.30. The molecule has 25 heavy (non-hydrogen) atoms. The highest BCUT2D eigenvalue weighted by Crippen LogP contribution is 2.21. The van der Waals surface area contributed by atoms with Gasteiger partial charge in [0.1, 0.15) is 12.4 Å². The maximum atomic E-state index is 13.1. The molecular formula is C15H21FN2O5S2. The molecule has 1 aromatic rings. The van der Waals surface area contributed by atoms with E-state index in [1.165, 1.54) is 17.0 Å². The molecule has 7 nitrogen and oxygen atoms in total. The van der Waals surface area contributed by atoms with Crippen molar-refractivity contribution >= 4 is 31.5 Å². The van der Waals surface area contributed by atoms with E-state index in [0.717, 1.165) is 22.7 Å². The van der Waals surface area contributed by atoms with Gasteiger partial charge in [-0.05, 0) is 37.6 Å². The number of sulfonamides is 1. The van der Waals surface area contributed by atoms with Crippen LogP contribution in [0.5, 0.6) is 0 Å². The summed E-state index contributed by atoms with van der Waals surface area (Å²) in [6.07, 6.45) is 1.30. The third-order valence-corrected chi connectivity index (χ3v) is 6.99. The van der Waals surface area contributed by atoms with Crippen LogP contribution in [-0.2, 0) is 24.7 Å². The predicted octanol–water partition coefficient (Wildman–Crippen LogP) is 0.627. The molecule has 1 aliphatic heterocycles. The molecule has 0 radical (unpaired) electrons. The SMILES string of the molecule is CCN(C(=O)CN(c1ccc(F)cc1)S(C)(=O)=O)C1CCS(=O)(=O)C1. The van der Waals surface area contributed by atoms with Gasteiger partial charge >= 0.3 is 0 Å². The molecular weight excluding hydrogens is 371 g/mol. The molecule has 10 heteroatoms. The topological polar surface area (TPSA) is 91.8 Å². The molecule has 0 spiro atoms. The second-order valence-corrected chi connectivity index (χ2v) is 10.1. The van der Waals surface area contributed by atoms with Crippen LogP contribution in [0.25, 0.3) is 0 Å². The zero-order chi connectivity index (χ0) is 18.8. The first kappa shape index (κ1) is 19.6. The van der Waals surface area contributed by atoms with E-state index in [1.807, 2.05) is 0 Å².